The zero-order valence-corrected chi connectivity index (χ0v) is 20.1. The van der Waals surface area contributed by atoms with Crippen molar-refractivity contribution in [2.45, 2.75) is 53.2 Å². The van der Waals surface area contributed by atoms with Crippen molar-refractivity contribution in [2.24, 2.45) is 0 Å². The van der Waals surface area contributed by atoms with Gasteiger partial charge in [-0.2, -0.15) is 5.10 Å². The Hall–Kier alpha value is -3.42. The number of rotatable bonds is 7. The van der Waals surface area contributed by atoms with E-state index in [4.69, 9.17) is 4.74 Å². The molecule has 0 spiro atoms. The van der Waals surface area contributed by atoms with E-state index in [9.17, 15) is 13.6 Å². The zero-order valence-electron chi connectivity index (χ0n) is 20.1. The van der Waals surface area contributed by atoms with Crippen LogP contribution >= 0.6 is 0 Å². The Morgan fingerprint density at radius 3 is 2.47 bits per heavy atom. The van der Waals surface area contributed by atoms with E-state index in [1.807, 2.05) is 27.7 Å². The fourth-order valence-electron chi connectivity index (χ4n) is 3.84. The van der Waals surface area contributed by atoms with Crippen molar-refractivity contribution in [3.8, 4) is 17.0 Å². The molecule has 0 unspecified atom stereocenters. The predicted octanol–water partition coefficient (Wildman–Crippen LogP) is 5.70. The van der Waals surface area contributed by atoms with Gasteiger partial charge in [-0.15, -0.1) is 0 Å². The van der Waals surface area contributed by atoms with Gasteiger partial charge < -0.3 is 15.0 Å². The van der Waals surface area contributed by atoms with E-state index in [-0.39, 0.29) is 18.6 Å². The van der Waals surface area contributed by atoms with Crippen molar-refractivity contribution in [2.75, 3.05) is 18.0 Å². The van der Waals surface area contributed by atoms with Crippen molar-refractivity contribution >= 4 is 11.6 Å². The third kappa shape index (κ3) is 6.12. The maximum atomic E-state index is 13.9. The summed E-state index contributed by atoms with van der Waals surface area (Å²) >= 11 is 0. The van der Waals surface area contributed by atoms with E-state index in [0.29, 0.717) is 28.3 Å². The molecule has 0 atom stereocenters. The zero-order chi connectivity index (χ0) is 24.7. The molecule has 4 rings (SSSR count). The number of benzene rings is 2. The standard InChI is InChI=1S/C24H26F2N4O2.C2H6/c1-15(2)32-23-8-6-17(26)11-19(23)21-13-18(28-29-21)14-27-24(31)20-12-16(25)5-7-22(20)30-9-3-4-10-30;1-2/h5-8,11-13,15H,3-4,9-10,14H2,1-2H3,(H,27,31)(H,28,29);1-2H3. The van der Waals surface area contributed by atoms with E-state index >= 15 is 0 Å². The van der Waals surface area contributed by atoms with Crippen LogP contribution in [0, 0.1) is 11.6 Å². The Labute approximate surface area is 199 Å². The summed E-state index contributed by atoms with van der Waals surface area (Å²) in [6.45, 7) is 9.65. The van der Waals surface area contributed by atoms with Gasteiger partial charge in [-0.3, -0.25) is 9.89 Å². The molecule has 1 aliphatic heterocycles. The number of halogens is 2. The van der Waals surface area contributed by atoms with Gasteiger partial charge in [0.05, 0.1) is 29.6 Å². The molecule has 8 heteroatoms. The molecule has 182 valence electrons. The van der Waals surface area contributed by atoms with Crippen LogP contribution in [0.2, 0.25) is 0 Å². The summed E-state index contributed by atoms with van der Waals surface area (Å²) in [5.74, 6) is -0.684. The molecule has 1 amide bonds. The van der Waals surface area contributed by atoms with E-state index in [0.717, 1.165) is 31.6 Å². The van der Waals surface area contributed by atoms with Crippen LogP contribution in [-0.2, 0) is 6.54 Å². The number of nitrogens with one attached hydrogen (secondary N) is 2. The minimum absolute atomic E-state index is 0.0759. The first kappa shape index (κ1) is 25.2. The molecule has 1 fully saturated rings. The Kier molecular flexibility index (Phi) is 8.62. The monoisotopic (exact) mass is 470 g/mol. The molecule has 2 heterocycles. The molecular weight excluding hydrogens is 438 g/mol. The minimum Gasteiger partial charge on any atom is -0.490 e. The van der Waals surface area contributed by atoms with Crippen LogP contribution in [0.5, 0.6) is 5.75 Å². The molecular formula is C26H32F2N4O2. The molecule has 1 saturated heterocycles. The van der Waals surface area contributed by atoms with Crippen LogP contribution in [-0.4, -0.2) is 35.3 Å². The second kappa shape index (κ2) is 11.6. The van der Waals surface area contributed by atoms with Crippen molar-refractivity contribution in [1.29, 1.82) is 0 Å². The van der Waals surface area contributed by atoms with E-state index in [1.165, 1.54) is 24.3 Å². The number of carbonyl (C=O) groups excluding carboxylic acids is 1. The summed E-state index contributed by atoms with van der Waals surface area (Å²) in [5, 5.41) is 9.94. The molecule has 3 aromatic rings. The maximum absolute atomic E-state index is 13.9. The largest absolute Gasteiger partial charge is 0.490 e. The fourth-order valence-corrected chi connectivity index (χ4v) is 3.84. The highest BCUT2D eigenvalue weighted by Crippen LogP contribution is 2.31. The predicted molar refractivity (Wildman–Crippen MR) is 130 cm³/mol. The van der Waals surface area contributed by atoms with Crippen molar-refractivity contribution in [1.82, 2.24) is 15.5 Å². The van der Waals surface area contributed by atoms with E-state index in [2.05, 4.69) is 20.4 Å². The first-order chi connectivity index (χ1) is 16.4. The first-order valence-electron chi connectivity index (χ1n) is 11.7. The molecule has 6 nitrogen and oxygen atoms in total. The smallest absolute Gasteiger partial charge is 0.253 e. The quantitative estimate of drug-likeness (QED) is 0.465. The highest BCUT2D eigenvalue weighted by molar-refractivity contribution is 5.99. The molecule has 34 heavy (non-hydrogen) atoms. The lowest BCUT2D eigenvalue weighted by atomic mass is 10.1. The molecule has 0 saturated carbocycles. The highest BCUT2D eigenvalue weighted by Gasteiger charge is 2.20. The van der Waals surface area contributed by atoms with Gasteiger partial charge in [-0.1, -0.05) is 13.8 Å². The van der Waals surface area contributed by atoms with Gasteiger partial charge in [0.15, 0.2) is 0 Å². The topological polar surface area (TPSA) is 70.2 Å². The normalized spacial score (nSPS) is 13.0. The van der Waals surface area contributed by atoms with Crippen LogP contribution < -0.4 is 15.0 Å². The van der Waals surface area contributed by atoms with Crippen molar-refractivity contribution in [3.05, 3.63) is 65.4 Å². The summed E-state index contributed by atoms with van der Waals surface area (Å²) in [6.07, 6.45) is 2.03. The fraction of sp³-hybridized carbons (Fsp3) is 0.385. The number of ether oxygens (including phenoxy) is 1. The van der Waals surface area contributed by atoms with Crippen LogP contribution in [0.1, 0.15) is 56.6 Å². The van der Waals surface area contributed by atoms with Gasteiger partial charge in [-0.25, -0.2) is 8.78 Å². The summed E-state index contributed by atoms with van der Waals surface area (Å²) in [6, 6.07) is 10.3. The highest BCUT2D eigenvalue weighted by atomic mass is 19.1. The van der Waals surface area contributed by atoms with Gasteiger partial charge in [-0.05, 0) is 69.2 Å². The minimum atomic E-state index is -0.453. The summed E-state index contributed by atoms with van der Waals surface area (Å²) in [7, 11) is 0. The molecule has 1 aliphatic rings. The number of hydrogen-bond donors (Lipinski definition) is 2. The van der Waals surface area contributed by atoms with Gasteiger partial charge in [0.25, 0.3) is 5.91 Å². The lowest BCUT2D eigenvalue weighted by Gasteiger charge is -2.21. The van der Waals surface area contributed by atoms with E-state index in [1.54, 1.807) is 18.2 Å². The third-order valence-corrected chi connectivity index (χ3v) is 5.30. The van der Waals surface area contributed by atoms with Crippen LogP contribution in [0.25, 0.3) is 11.3 Å². The summed E-state index contributed by atoms with van der Waals surface area (Å²) in [5.41, 5.74) is 2.71. The number of H-pyrrole nitrogens is 1. The molecule has 0 bridgehead atoms. The number of aromatic amines is 1. The Morgan fingerprint density at radius 1 is 1.09 bits per heavy atom. The summed E-state index contributed by atoms with van der Waals surface area (Å²) in [4.78, 5) is 14.9. The van der Waals surface area contributed by atoms with E-state index < -0.39 is 11.6 Å². The number of carbonyl (C=O) groups is 1. The summed E-state index contributed by atoms with van der Waals surface area (Å²) < 4.78 is 33.4. The van der Waals surface area contributed by atoms with Gasteiger partial charge in [0, 0.05) is 24.3 Å². The van der Waals surface area contributed by atoms with Crippen molar-refractivity contribution in [3.63, 3.8) is 0 Å². The van der Waals surface area contributed by atoms with Crippen LogP contribution in [0.15, 0.2) is 42.5 Å². The van der Waals surface area contributed by atoms with Gasteiger partial charge >= 0.3 is 0 Å². The molecule has 2 aromatic carbocycles. The van der Waals surface area contributed by atoms with Crippen molar-refractivity contribution < 1.29 is 18.3 Å². The van der Waals surface area contributed by atoms with Gasteiger partial charge in [0.2, 0.25) is 0 Å². The van der Waals surface area contributed by atoms with Gasteiger partial charge in [0.1, 0.15) is 17.4 Å². The third-order valence-electron chi connectivity index (χ3n) is 5.30. The maximum Gasteiger partial charge on any atom is 0.253 e. The molecule has 0 radical (unpaired) electrons. The SMILES string of the molecule is CC.CC(C)Oc1ccc(F)cc1-c1cc(CNC(=O)c2cc(F)ccc2N2CCCC2)[nH]n1. The average Bonchev–Trinajstić information content (AvgIpc) is 3.52. The molecule has 1 aromatic heterocycles. The lowest BCUT2D eigenvalue weighted by molar-refractivity contribution is 0.0950. The Morgan fingerprint density at radius 2 is 1.76 bits per heavy atom. The first-order valence-corrected chi connectivity index (χ1v) is 11.7. The van der Waals surface area contributed by atoms with Crippen LogP contribution in [0.4, 0.5) is 14.5 Å². The number of amides is 1. The van der Waals surface area contributed by atoms with Crippen LogP contribution in [0.3, 0.4) is 0 Å². The second-order valence-corrected chi connectivity index (χ2v) is 8.12. The number of hydrogen-bond acceptors (Lipinski definition) is 4. The lowest BCUT2D eigenvalue weighted by Crippen LogP contribution is -2.27. The Balaban J connectivity index is 0.00000158. The number of anilines is 1. The number of aromatic nitrogens is 2. The second-order valence-electron chi connectivity index (χ2n) is 8.12. The Bertz CT molecular complexity index is 1110. The number of nitrogens with zero attached hydrogens (tertiary/aromatic N) is 2. The average molecular weight is 471 g/mol. The molecule has 2 N–H and O–H groups in total. The molecule has 0 aliphatic carbocycles.